The number of rotatable bonds is 5. The molecule has 0 aliphatic rings. The number of aromatic nitrogens is 1. The molecule has 0 aliphatic heterocycles. The predicted molar refractivity (Wildman–Crippen MR) is 118 cm³/mol. The summed E-state index contributed by atoms with van der Waals surface area (Å²) in [6, 6.07) is 12.7. The molecule has 7 heteroatoms. The zero-order valence-corrected chi connectivity index (χ0v) is 17.7. The van der Waals surface area contributed by atoms with Gasteiger partial charge in [0.15, 0.2) is 0 Å². The number of hydrogen-bond donors (Lipinski definition) is 1. The van der Waals surface area contributed by atoms with Crippen LogP contribution >= 0.6 is 0 Å². The summed E-state index contributed by atoms with van der Waals surface area (Å²) in [5, 5.41) is 15.1. The summed E-state index contributed by atoms with van der Waals surface area (Å²) in [5.41, 5.74) is 9.33. The Morgan fingerprint density at radius 3 is 2.50 bits per heavy atom. The van der Waals surface area contributed by atoms with Crippen LogP contribution < -0.4 is 5.43 Å². The van der Waals surface area contributed by atoms with Crippen LogP contribution in [0.25, 0.3) is 5.69 Å². The Bertz CT molecular complexity index is 1180. The van der Waals surface area contributed by atoms with E-state index in [9.17, 15) is 14.9 Å². The quantitative estimate of drug-likeness (QED) is 0.380. The number of hydrogen-bond acceptors (Lipinski definition) is 4. The SMILES string of the molecule is Cc1ccc(-n2c(C)cc(/C=N\NC(=O)c3cccc([N+](=O)[O-])c3C)c2C)c(C)c1. The van der Waals surface area contributed by atoms with E-state index in [-0.39, 0.29) is 11.3 Å². The van der Waals surface area contributed by atoms with Gasteiger partial charge in [-0.3, -0.25) is 14.9 Å². The number of nitrogens with one attached hydrogen (secondary N) is 1. The maximum absolute atomic E-state index is 12.4. The van der Waals surface area contributed by atoms with Crippen molar-refractivity contribution in [1.82, 2.24) is 9.99 Å². The molecule has 7 nitrogen and oxygen atoms in total. The highest BCUT2D eigenvalue weighted by atomic mass is 16.6. The summed E-state index contributed by atoms with van der Waals surface area (Å²) in [5.74, 6) is -0.490. The number of hydrazone groups is 1. The molecule has 0 bridgehead atoms. The Morgan fingerprint density at radius 2 is 1.83 bits per heavy atom. The van der Waals surface area contributed by atoms with Crippen molar-refractivity contribution in [3.8, 4) is 5.69 Å². The van der Waals surface area contributed by atoms with Crippen molar-refractivity contribution in [3.63, 3.8) is 0 Å². The minimum atomic E-state index is -0.503. The van der Waals surface area contributed by atoms with Gasteiger partial charge in [-0.1, -0.05) is 23.8 Å². The fourth-order valence-electron chi connectivity index (χ4n) is 3.63. The van der Waals surface area contributed by atoms with Crippen molar-refractivity contribution >= 4 is 17.8 Å². The zero-order valence-electron chi connectivity index (χ0n) is 17.7. The summed E-state index contributed by atoms with van der Waals surface area (Å²) in [7, 11) is 0. The fraction of sp³-hybridized carbons (Fsp3) is 0.217. The molecule has 2 aromatic carbocycles. The summed E-state index contributed by atoms with van der Waals surface area (Å²) in [4.78, 5) is 23.0. The largest absolute Gasteiger partial charge is 0.318 e. The molecule has 1 N–H and O–H groups in total. The number of carbonyl (C=O) groups excluding carboxylic acids is 1. The van der Waals surface area contributed by atoms with Gasteiger partial charge in [-0.2, -0.15) is 5.10 Å². The van der Waals surface area contributed by atoms with Crippen molar-refractivity contribution < 1.29 is 9.72 Å². The third-order valence-electron chi connectivity index (χ3n) is 5.18. The molecule has 0 aliphatic carbocycles. The van der Waals surface area contributed by atoms with E-state index in [1.807, 2.05) is 19.9 Å². The minimum Gasteiger partial charge on any atom is -0.318 e. The average Bonchev–Trinajstić information content (AvgIpc) is 2.95. The van der Waals surface area contributed by atoms with Crippen molar-refractivity contribution in [2.45, 2.75) is 34.6 Å². The van der Waals surface area contributed by atoms with Crippen LogP contribution in [0, 0.1) is 44.7 Å². The van der Waals surface area contributed by atoms with Gasteiger partial charge >= 0.3 is 0 Å². The number of benzene rings is 2. The van der Waals surface area contributed by atoms with Gasteiger partial charge in [-0.15, -0.1) is 0 Å². The van der Waals surface area contributed by atoms with E-state index < -0.39 is 10.8 Å². The van der Waals surface area contributed by atoms with E-state index in [2.05, 4.69) is 47.1 Å². The van der Waals surface area contributed by atoms with E-state index in [1.165, 1.54) is 23.3 Å². The lowest BCUT2D eigenvalue weighted by molar-refractivity contribution is -0.385. The third kappa shape index (κ3) is 4.00. The van der Waals surface area contributed by atoms with Crippen LogP contribution in [0.3, 0.4) is 0 Å². The maximum Gasteiger partial charge on any atom is 0.273 e. The summed E-state index contributed by atoms with van der Waals surface area (Å²) in [6.45, 7) is 9.72. The van der Waals surface area contributed by atoms with Crippen LogP contribution in [-0.2, 0) is 0 Å². The highest BCUT2D eigenvalue weighted by Crippen LogP contribution is 2.23. The molecule has 0 fully saturated rings. The van der Waals surface area contributed by atoms with E-state index >= 15 is 0 Å². The highest BCUT2D eigenvalue weighted by Gasteiger charge is 2.17. The van der Waals surface area contributed by atoms with Crippen molar-refractivity contribution in [2.75, 3.05) is 0 Å². The molecule has 0 saturated carbocycles. The molecular weight excluding hydrogens is 380 g/mol. The Morgan fingerprint density at radius 1 is 1.10 bits per heavy atom. The number of amides is 1. The molecule has 3 aromatic rings. The second-order valence-electron chi connectivity index (χ2n) is 7.36. The van der Waals surface area contributed by atoms with Crippen LogP contribution in [0.5, 0.6) is 0 Å². The first-order valence-electron chi connectivity index (χ1n) is 9.54. The van der Waals surface area contributed by atoms with E-state index in [0.29, 0.717) is 5.56 Å². The Hall–Kier alpha value is -3.74. The standard InChI is InChI=1S/C23H24N4O3/c1-14-9-10-21(15(2)11-14)26-16(3)12-19(18(26)5)13-24-25-23(28)20-7-6-8-22(17(20)4)27(29)30/h6-13H,1-5H3,(H,25,28)/b24-13-. The first-order chi connectivity index (χ1) is 14.2. The molecular formula is C23H24N4O3. The fourth-order valence-corrected chi connectivity index (χ4v) is 3.63. The number of nitrogens with zero attached hydrogens (tertiary/aromatic N) is 3. The van der Waals surface area contributed by atoms with Crippen molar-refractivity contribution in [2.24, 2.45) is 5.10 Å². The van der Waals surface area contributed by atoms with Crippen LogP contribution in [-0.4, -0.2) is 21.6 Å². The molecule has 1 heterocycles. The maximum atomic E-state index is 12.4. The molecule has 0 radical (unpaired) electrons. The first kappa shape index (κ1) is 21.0. The van der Waals surface area contributed by atoms with Gasteiger partial charge in [0, 0.05) is 34.3 Å². The molecule has 3 rings (SSSR count). The van der Waals surface area contributed by atoms with E-state index in [1.54, 1.807) is 19.2 Å². The molecule has 30 heavy (non-hydrogen) atoms. The third-order valence-corrected chi connectivity index (χ3v) is 5.18. The van der Waals surface area contributed by atoms with Gasteiger partial charge in [-0.05, 0) is 58.4 Å². The monoisotopic (exact) mass is 404 g/mol. The number of aryl methyl sites for hydroxylation is 3. The number of nitro benzene ring substituents is 1. The van der Waals surface area contributed by atoms with Gasteiger partial charge in [0.25, 0.3) is 11.6 Å². The smallest absolute Gasteiger partial charge is 0.273 e. The normalized spacial score (nSPS) is 11.1. The Labute approximate surface area is 175 Å². The molecule has 0 unspecified atom stereocenters. The molecule has 1 amide bonds. The van der Waals surface area contributed by atoms with E-state index in [0.717, 1.165) is 22.6 Å². The van der Waals surface area contributed by atoms with Gasteiger partial charge in [-0.25, -0.2) is 5.43 Å². The van der Waals surface area contributed by atoms with Gasteiger partial charge in [0.05, 0.1) is 16.7 Å². The Kier molecular flexibility index (Phi) is 5.82. The van der Waals surface area contributed by atoms with E-state index in [4.69, 9.17) is 0 Å². The Balaban J connectivity index is 1.84. The summed E-state index contributed by atoms with van der Waals surface area (Å²) in [6.07, 6.45) is 1.59. The molecule has 0 spiro atoms. The summed E-state index contributed by atoms with van der Waals surface area (Å²) < 4.78 is 2.16. The highest BCUT2D eigenvalue weighted by molar-refractivity contribution is 5.97. The lowest BCUT2D eigenvalue weighted by Crippen LogP contribution is -2.19. The molecule has 154 valence electrons. The predicted octanol–water partition coefficient (Wildman–Crippen LogP) is 4.69. The minimum absolute atomic E-state index is 0.0938. The van der Waals surface area contributed by atoms with Crippen molar-refractivity contribution in [1.29, 1.82) is 0 Å². The topological polar surface area (TPSA) is 89.5 Å². The van der Waals surface area contributed by atoms with Crippen LogP contribution in [0.15, 0.2) is 47.6 Å². The number of carbonyl (C=O) groups is 1. The van der Waals surface area contributed by atoms with Crippen LogP contribution in [0.2, 0.25) is 0 Å². The van der Waals surface area contributed by atoms with Crippen LogP contribution in [0.1, 0.15) is 44.0 Å². The lowest BCUT2D eigenvalue weighted by atomic mass is 10.1. The molecule has 0 atom stereocenters. The van der Waals surface area contributed by atoms with Gasteiger partial charge in [0.2, 0.25) is 0 Å². The van der Waals surface area contributed by atoms with Crippen LogP contribution in [0.4, 0.5) is 5.69 Å². The second-order valence-corrected chi connectivity index (χ2v) is 7.36. The molecule has 1 aromatic heterocycles. The summed E-state index contributed by atoms with van der Waals surface area (Å²) >= 11 is 0. The lowest BCUT2D eigenvalue weighted by Gasteiger charge is -2.13. The van der Waals surface area contributed by atoms with Crippen molar-refractivity contribution in [3.05, 3.63) is 91.8 Å². The second kappa shape index (κ2) is 8.32. The van der Waals surface area contributed by atoms with Gasteiger partial charge in [0.1, 0.15) is 0 Å². The number of nitro groups is 1. The zero-order chi connectivity index (χ0) is 22.0. The first-order valence-corrected chi connectivity index (χ1v) is 9.54. The van der Waals surface area contributed by atoms with Gasteiger partial charge < -0.3 is 4.57 Å². The molecule has 0 saturated heterocycles. The average molecular weight is 404 g/mol.